The summed E-state index contributed by atoms with van der Waals surface area (Å²) in [6.07, 6.45) is 0.186. The number of aromatic nitrogens is 1. The van der Waals surface area contributed by atoms with Gasteiger partial charge in [-0.15, -0.1) is 11.3 Å². The van der Waals surface area contributed by atoms with Gasteiger partial charge in [0.05, 0.1) is 22.8 Å². The van der Waals surface area contributed by atoms with Crippen molar-refractivity contribution in [1.29, 1.82) is 0 Å². The molecule has 3 nitrogen and oxygen atoms in total. The molecule has 0 aliphatic carbocycles. The van der Waals surface area contributed by atoms with Gasteiger partial charge in [0, 0.05) is 4.88 Å². The van der Waals surface area contributed by atoms with Crippen molar-refractivity contribution in [2.75, 3.05) is 7.05 Å². The van der Waals surface area contributed by atoms with E-state index in [2.05, 4.69) is 29.4 Å². The maximum Gasteiger partial charge on any atom is 0.120 e. The SMILES string of the molecule is CNC(c1cccc(OC(C)C)c1)c1sc(C)nc1C. The summed E-state index contributed by atoms with van der Waals surface area (Å²) >= 11 is 1.75. The molecule has 4 heteroatoms. The molecular formula is C16H22N2OS. The van der Waals surface area contributed by atoms with E-state index in [1.165, 1.54) is 10.4 Å². The average Bonchev–Trinajstić information content (AvgIpc) is 2.69. The monoisotopic (exact) mass is 290 g/mol. The molecule has 0 aliphatic rings. The topological polar surface area (TPSA) is 34.1 Å². The predicted octanol–water partition coefficient (Wildman–Crippen LogP) is 3.86. The van der Waals surface area contributed by atoms with Crippen LogP contribution in [0.15, 0.2) is 24.3 Å². The van der Waals surface area contributed by atoms with Gasteiger partial charge >= 0.3 is 0 Å². The lowest BCUT2D eigenvalue weighted by molar-refractivity contribution is 0.242. The minimum Gasteiger partial charge on any atom is -0.491 e. The lowest BCUT2D eigenvalue weighted by atomic mass is 10.0. The van der Waals surface area contributed by atoms with E-state index in [4.69, 9.17) is 4.74 Å². The molecule has 0 saturated carbocycles. The van der Waals surface area contributed by atoms with Crippen LogP contribution in [0.3, 0.4) is 0 Å². The zero-order chi connectivity index (χ0) is 14.7. The van der Waals surface area contributed by atoms with Crippen molar-refractivity contribution in [3.63, 3.8) is 0 Å². The van der Waals surface area contributed by atoms with Gasteiger partial charge in [0.2, 0.25) is 0 Å². The van der Waals surface area contributed by atoms with Crippen molar-refractivity contribution in [2.24, 2.45) is 0 Å². The standard InChI is InChI=1S/C16H22N2OS/c1-10(2)19-14-8-6-7-13(9-14)15(17-5)16-11(3)18-12(4)20-16/h6-10,15,17H,1-5H3. The molecule has 2 aromatic rings. The average molecular weight is 290 g/mol. The third-order valence-corrected chi connectivity index (χ3v) is 4.19. The van der Waals surface area contributed by atoms with Crippen LogP contribution in [0.25, 0.3) is 0 Å². The molecule has 0 radical (unpaired) electrons. The summed E-state index contributed by atoms with van der Waals surface area (Å²) in [6, 6.07) is 8.44. The van der Waals surface area contributed by atoms with Crippen molar-refractivity contribution in [2.45, 2.75) is 39.8 Å². The van der Waals surface area contributed by atoms with Gasteiger partial charge in [-0.05, 0) is 52.4 Å². The minimum atomic E-state index is 0.164. The van der Waals surface area contributed by atoms with E-state index in [9.17, 15) is 0 Å². The van der Waals surface area contributed by atoms with Gasteiger partial charge in [-0.2, -0.15) is 0 Å². The molecule has 1 aromatic carbocycles. The summed E-state index contributed by atoms with van der Waals surface area (Å²) in [7, 11) is 1.98. The number of rotatable bonds is 5. The number of nitrogens with one attached hydrogen (secondary N) is 1. The van der Waals surface area contributed by atoms with Crippen LogP contribution in [-0.4, -0.2) is 18.1 Å². The molecule has 0 bridgehead atoms. The first kappa shape index (κ1) is 15.0. The molecule has 2 rings (SSSR count). The molecule has 1 unspecified atom stereocenters. The Labute approximate surface area is 125 Å². The van der Waals surface area contributed by atoms with Gasteiger partial charge in [0.25, 0.3) is 0 Å². The first-order valence-electron chi connectivity index (χ1n) is 6.89. The van der Waals surface area contributed by atoms with Crippen LogP contribution in [-0.2, 0) is 0 Å². The van der Waals surface area contributed by atoms with Crippen molar-refractivity contribution < 1.29 is 4.74 Å². The van der Waals surface area contributed by atoms with E-state index in [0.29, 0.717) is 0 Å². The fraction of sp³-hybridized carbons (Fsp3) is 0.438. The molecule has 108 valence electrons. The quantitative estimate of drug-likeness (QED) is 0.908. The first-order chi connectivity index (χ1) is 9.51. The van der Waals surface area contributed by atoms with Crippen molar-refractivity contribution in [1.82, 2.24) is 10.3 Å². The lowest BCUT2D eigenvalue weighted by Gasteiger charge is -2.17. The first-order valence-corrected chi connectivity index (χ1v) is 7.70. The van der Waals surface area contributed by atoms with Crippen LogP contribution < -0.4 is 10.1 Å². The number of hydrogen-bond donors (Lipinski definition) is 1. The summed E-state index contributed by atoms with van der Waals surface area (Å²) in [4.78, 5) is 5.79. The summed E-state index contributed by atoms with van der Waals surface area (Å²) in [5.74, 6) is 0.914. The molecule has 20 heavy (non-hydrogen) atoms. The van der Waals surface area contributed by atoms with E-state index in [0.717, 1.165) is 16.5 Å². The van der Waals surface area contributed by atoms with Gasteiger partial charge in [-0.3, -0.25) is 0 Å². The molecule has 1 N–H and O–H groups in total. The zero-order valence-electron chi connectivity index (χ0n) is 12.7. The van der Waals surface area contributed by atoms with E-state index in [-0.39, 0.29) is 12.1 Å². The van der Waals surface area contributed by atoms with Crippen LogP contribution in [0.5, 0.6) is 5.75 Å². The molecule has 0 fully saturated rings. The maximum atomic E-state index is 5.78. The highest BCUT2D eigenvalue weighted by Crippen LogP contribution is 2.31. The van der Waals surface area contributed by atoms with Gasteiger partial charge in [0.15, 0.2) is 0 Å². The highest BCUT2D eigenvalue weighted by Gasteiger charge is 2.18. The Kier molecular flexibility index (Phi) is 4.78. The summed E-state index contributed by atoms with van der Waals surface area (Å²) in [5, 5.41) is 4.49. The Morgan fingerprint density at radius 1 is 1.25 bits per heavy atom. The maximum absolute atomic E-state index is 5.78. The van der Waals surface area contributed by atoms with Crippen LogP contribution in [0.4, 0.5) is 0 Å². The minimum absolute atomic E-state index is 0.164. The summed E-state index contributed by atoms with van der Waals surface area (Å²) < 4.78 is 5.78. The van der Waals surface area contributed by atoms with E-state index in [1.54, 1.807) is 11.3 Å². The Bertz CT molecular complexity index is 578. The van der Waals surface area contributed by atoms with Crippen LogP contribution in [0, 0.1) is 13.8 Å². The number of benzene rings is 1. The number of thiazole rings is 1. The Hall–Kier alpha value is -1.39. The molecule has 1 heterocycles. The van der Waals surface area contributed by atoms with Gasteiger partial charge in [-0.25, -0.2) is 4.98 Å². The van der Waals surface area contributed by atoms with Crippen molar-refractivity contribution >= 4 is 11.3 Å². The van der Waals surface area contributed by atoms with E-state index in [1.807, 2.05) is 40.0 Å². The van der Waals surface area contributed by atoms with E-state index >= 15 is 0 Å². The molecule has 1 aromatic heterocycles. The molecule has 1 atom stereocenters. The Morgan fingerprint density at radius 2 is 2.00 bits per heavy atom. The smallest absolute Gasteiger partial charge is 0.120 e. The van der Waals surface area contributed by atoms with Crippen LogP contribution >= 0.6 is 11.3 Å². The number of hydrogen-bond acceptors (Lipinski definition) is 4. The van der Waals surface area contributed by atoms with Gasteiger partial charge in [0.1, 0.15) is 5.75 Å². The van der Waals surface area contributed by atoms with Gasteiger partial charge < -0.3 is 10.1 Å². The summed E-state index contributed by atoms with van der Waals surface area (Å²) in [6.45, 7) is 8.20. The molecule has 0 aliphatic heterocycles. The predicted molar refractivity (Wildman–Crippen MR) is 84.7 cm³/mol. The number of nitrogens with zero attached hydrogens (tertiary/aromatic N) is 1. The third kappa shape index (κ3) is 3.38. The zero-order valence-corrected chi connectivity index (χ0v) is 13.5. The van der Waals surface area contributed by atoms with Crippen LogP contribution in [0.2, 0.25) is 0 Å². The normalized spacial score (nSPS) is 12.7. The van der Waals surface area contributed by atoms with Crippen molar-refractivity contribution in [3.05, 3.63) is 45.4 Å². The molecule has 0 amide bonds. The van der Waals surface area contributed by atoms with E-state index < -0.39 is 0 Å². The second-order valence-electron chi connectivity index (χ2n) is 5.14. The fourth-order valence-electron chi connectivity index (χ4n) is 2.30. The fourth-order valence-corrected chi connectivity index (χ4v) is 3.37. The largest absolute Gasteiger partial charge is 0.491 e. The lowest BCUT2D eigenvalue weighted by Crippen LogP contribution is -2.17. The van der Waals surface area contributed by atoms with Crippen LogP contribution in [0.1, 0.15) is 41.0 Å². The molecule has 0 spiro atoms. The highest BCUT2D eigenvalue weighted by atomic mass is 32.1. The second kappa shape index (κ2) is 6.37. The summed E-state index contributed by atoms with van der Waals surface area (Å²) in [5.41, 5.74) is 2.31. The van der Waals surface area contributed by atoms with Crippen molar-refractivity contribution in [3.8, 4) is 5.75 Å². The Morgan fingerprint density at radius 3 is 2.55 bits per heavy atom. The second-order valence-corrected chi connectivity index (χ2v) is 6.38. The number of ether oxygens (including phenoxy) is 1. The Balaban J connectivity index is 2.34. The highest BCUT2D eigenvalue weighted by molar-refractivity contribution is 7.11. The van der Waals surface area contributed by atoms with Gasteiger partial charge in [-0.1, -0.05) is 12.1 Å². The molecule has 0 saturated heterocycles. The molecular weight excluding hydrogens is 268 g/mol. The third-order valence-electron chi connectivity index (χ3n) is 3.05. The number of aryl methyl sites for hydroxylation is 2.